The smallest absolute Gasteiger partial charge is 0.258 e. The van der Waals surface area contributed by atoms with Crippen LogP contribution in [0.15, 0.2) is 48.7 Å². The molecular weight excluding hydrogens is 314 g/mol. The summed E-state index contributed by atoms with van der Waals surface area (Å²) in [5.41, 5.74) is 2.44. The normalized spacial score (nSPS) is 17.6. The zero-order chi connectivity index (χ0) is 17.2. The molecule has 0 aliphatic carbocycles. The van der Waals surface area contributed by atoms with Crippen LogP contribution in [0.25, 0.3) is 5.65 Å². The van der Waals surface area contributed by atoms with E-state index >= 15 is 0 Å². The summed E-state index contributed by atoms with van der Waals surface area (Å²) in [4.78, 5) is 19.2. The molecule has 1 atom stereocenters. The first-order chi connectivity index (χ1) is 12.2. The lowest BCUT2D eigenvalue weighted by Gasteiger charge is -2.32. The zero-order valence-corrected chi connectivity index (χ0v) is 14.2. The number of fused-ring (bicyclic) bond motifs is 1. The molecule has 1 aliphatic rings. The van der Waals surface area contributed by atoms with E-state index in [0.29, 0.717) is 17.4 Å². The molecule has 1 unspecified atom stereocenters. The monoisotopic (exact) mass is 335 g/mol. The van der Waals surface area contributed by atoms with Gasteiger partial charge in [-0.15, -0.1) is 5.10 Å². The van der Waals surface area contributed by atoms with Gasteiger partial charge in [0, 0.05) is 24.8 Å². The van der Waals surface area contributed by atoms with Gasteiger partial charge in [-0.25, -0.2) is 4.52 Å². The van der Waals surface area contributed by atoms with Crippen LogP contribution >= 0.6 is 0 Å². The van der Waals surface area contributed by atoms with Crippen LogP contribution in [0.4, 0.5) is 11.6 Å². The fraction of sp³-hybridized carbons (Fsp3) is 0.316. The number of pyridine rings is 1. The van der Waals surface area contributed by atoms with Gasteiger partial charge in [-0.1, -0.05) is 25.1 Å². The summed E-state index contributed by atoms with van der Waals surface area (Å²) < 4.78 is 1.73. The van der Waals surface area contributed by atoms with E-state index in [4.69, 9.17) is 0 Å². The first-order valence-electron chi connectivity index (χ1n) is 8.67. The lowest BCUT2D eigenvalue weighted by molar-refractivity contribution is 0.102. The van der Waals surface area contributed by atoms with Crippen molar-refractivity contribution in [2.45, 2.75) is 19.8 Å². The van der Waals surface area contributed by atoms with Gasteiger partial charge in [0.25, 0.3) is 5.91 Å². The number of amides is 1. The molecule has 1 amide bonds. The maximum atomic E-state index is 12.3. The van der Waals surface area contributed by atoms with Gasteiger partial charge < -0.3 is 4.90 Å². The standard InChI is InChI=1S/C19H21N5O/c1-14-7-5-11-23(13-14)16-10-6-12-24-17(16)20-19(22-24)21-18(25)15-8-3-2-4-9-15/h2-4,6,8-10,12,14H,5,7,11,13H2,1H3,(H,21,22,25). The average molecular weight is 335 g/mol. The number of carbonyl (C=O) groups excluding carboxylic acids is 1. The van der Waals surface area contributed by atoms with Gasteiger partial charge in [-0.3, -0.25) is 10.1 Å². The number of benzene rings is 1. The molecule has 0 bridgehead atoms. The fourth-order valence-corrected chi connectivity index (χ4v) is 3.36. The predicted molar refractivity (Wildman–Crippen MR) is 98.0 cm³/mol. The maximum absolute atomic E-state index is 12.3. The Morgan fingerprint density at radius 3 is 2.84 bits per heavy atom. The van der Waals surface area contributed by atoms with Crippen molar-refractivity contribution in [1.29, 1.82) is 0 Å². The van der Waals surface area contributed by atoms with Crippen molar-refractivity contribution in [3.8, 4) is 0 Å². The summed E-state index contributed by atoms with van der Waals surface area (Å²) in [6.07, 6.45) is 4.32. The van der Waals surface area contributed by atoms with E-state index in [1.807, 2.05) is 30.5 Å². The molecule has 3 aromatic rings. The van der Waals surface area contributed by atoms with E-state index in [2.05, 4.69) is 33.3 Å². The number of carbonyl (C=O) groups is 1. The van der Waals surface area contributed by atoms with Gasteiger partial charge in [0.1, 0.15) is 0 Å². The highest BCUT2D eigenvalue weighted by molar-refractivity contribution is 6.03. The summed E-state index contributed by atoms with van der Waals surface area (Å²) >= 11 is 0. The molecule has 1 aliphatic heterocycles. The zero-order valence-electron chi connectivity index (χ0n) is 14.2. The first-order valence-corrected chi connectivity index (χ1v) is 8.67. The van der Waals surface area contributed by atoms with E-state index in [1.165, 1.54) is 12.8 Å². The molecular formula is C19H21N5O. The lowest BCUT2D eigenvalue weighted by atomic mass is 10.00. The highest BCUT2D eigenvalue weighted by atomic mass is 16.1. The lowest BCUT2D eigenvalue weighted by Crippen LogP contribution is -2.34. The van der Waals surface area contributed by atoms with Crippen LogP contribution in [0.1, 0.15) is 30.1 Å². The van der Waals surface area contributed by atoms with Crippen LogP contribution in [0.2, 0.25) is 0 Å². The minimum Gasteiger partial charge on any atom is -0.368 e. The first kappa shape index (κ1) is 15.6. The molecule has 2 aromatic heterocycles. The van der Waals surface area contributed by atoms with E-state index < -0.39 is 0 Å². The molecule has 1 fully saturated rings. The van der Waals surface area contributed by atoms with Crippen molar-refractivity contribution in [1.82, 2.24) is 14.6 Å². The number of rotatable bonds is 3. The molecule has 6 nitrogen and oxygen atoms in total. The van der Waals surface area contributed by atoms with E-state index in [-0.39, 0.29) is 5.91 Å². The van der Waals surface area contributed by atoms with Crippen LogP contribution in [0.3, 0.4) is 0 Å². The third kappa shape index (κ3) is 3.20. The van der Waals surface area contributed by atoms with E-state index in [9.17, 15) is 4.79 Å². The number of hydrogen-bond donors (Lipinski definition) is 1. The second-order valence-electron chi connectivity index (χ2n) is 6.61. The Morgan fingerprint density at radius 1 is 1.20 bits per heavy atom. The third-order valence-corrected chi connectivity index (χ3v) is 4.60. The average Bonchev–Trinajstić information content (AvgIpc) is 3.04. The van der Waals surface area contributed by atoms with Crippen LogP contribution in [0.5, 0.6) is 0 Å². The Hall–Kier alpha value is -2.89. The molecule has 128 valence electrons. The van der Waals surface area contributed by atoms with Crippen LogP contribution in [-0.2, 0) is 0 Å². The molecule has 6 heteroatoms. The Labute approximate surface area is 146 Å². The quantitative estimate of drug-likeness (QED) is 0.798. The van der Waals surface area contributed by atoms with Crippen molar-refractivity contribution in [3.05, 3.63) is 54.2 Å². The van der Waals surface area contributed by atoms with Crippen molar-refractivity contribution in [2.24, 2.45) is 5.92 Å². The molecule has 1 N–H and O–H groups in total. The van der Waals surface area contributed by atoms with Gasteiger partial charge in [0.2, 0.25) is 5.95 Å². The minimum atomic E-state index is -0.204. The molecule has 1 aromatic carbocycles. The number of hydrogen-bond acceptors (Lipinski definition) is 4. The van der Waals surface area contributed by atoms with Gasteiger partial charge in [-0.2, -0.15) is 4.98 Å². The Kier molecular flexibility index (Phi) is 4.09. The summed E-state index contributed by atoms with van der Waals surface area (Å²) in [5, 5.41) is 7.19. The largest absolute Gasteiger partial charge is 0.368 e. The van der Waals surface area contributed by atoms with Gasteiger partial charge in [-0.05, 0) is 43.0 Å². The van der Waals surface area contributed by atoms with E-state index in [0.717, 1.165) is 24.4 Å². The highest BCUT2D eigenvalue weighted by Gasteiger charge is 2.20. The van der Waals surface area contributed by atoms with Crippen molar-refractivity contribution < 1.29 is 4.79 Å². The molecule has 0 radical (unpaired) electrons. The van der Waals surface area contributed by atoms with Crippen molar-refractivity contribution >= 4 is 23.2 Å². The SMILES string of the molecule is CC1CCCN(c2cccn3nc(NC(=O)c4ccccc4)nc23)C1. The van der Waals surface area contributed by atoms with Crippen LogP contribution in [0, 0.1) is 5.92 Å². The summed E-state index contributed by atoms with van der Waals surface area (Å²) in [6.45, 7) is 4.34. The van der Waals surface area contributed by atoms with Crippen molar-refractivity contribution in [3.63, 3.8) is 0 Å². The Bertz CT molecular complexity index is 889. The number of nitrogens with one attached hydrogen (secondary N) is 1. The minimum absolute atomic E-state index is 0.204. The summed E-state index contributed by atoms with van der Waals surface area (Å²) in [5.74, 6) is 0.796. The molecule has 3 heterocycles. The van der Waals surface area contributed by atoms with Gasteiger partial charge in [0.05, 0.1) is 5.69 Å². The summed E-state index contributed by atoms with van der Waals surface area (Å²) in [7, 11) is 0. The van der Waals surface area contributed by atoms with Crippen LogP contribution in [-0.4, -0.2) is 33.6 Å². The summed E-state index contributed by atoms with van der Waals surface area (Å²) in [6, 6.07) is 13.1. The van der Waals surface area contributed by atoms with Gasteiger partial charge in [0.15, 0.2) is 5.65 Å². The molecule has 25 heavy (non-hydrogen) atoms. The topological polar surface area (TPSA) is 62.5 Å². The molecule has 0 spiro atoms. The highest BCUT2D eigenvalue weighted by Crippen LogP contribution is 2.26. The number of piperidine rings is 1. The third-order valence-electron chi connectivity index (χ3n) is 4.60. The molecule has 0 saturated carbocycles. The Morgan fingerprint density at radius 2 is 2.04 bits per heavy atom. The number of aromatic nitrogens is 3. The maximum Gasteiger partial charge on any atom is 0.258 e. The van der Waals surface area contributed by atoms with Gasteiger partial charge >= 0.3 is 0 Å². The number of nitrogens with zero attached hydrogens (tertiary/aromatic N) is 4. The second-order valence-corrected chi connectivity index (χ2v) is 6.61. The van der Waals surface area contributed by atoms with Crippen LogP contribution < -0.4 is 10.2 Å². The molecule has 4 rings (SSSR count). The second kappa shape index (κ2) is 6.55. The fourth-order valence-electron chi connectivity index (χ4n) is 3.36. The van der Waals surface area contributed by atoms with Crippen molar-refractivity contribution in [2.75, 3.05) is 23.3 Å². The Balaban J connectivity index is 1.62. The predicted octanol–water partition coefficient (Wildman–Crippen LogP) is 3.22. The molecule has 1 saturated heterocycles. The van der Waals surface area contributed by atoms with E-state index in [1.54, 1.807) is 16.6 Å². The number of anilines is 2.